The van der Waals surface area contributed by atoms with Gasteiger partial charge in [-0.15, -0.1) is 0 Å². The molecule has 8 heteroatoms. The molecule has 3 fully saturated rings. The van der Waals surface area contributed by atoms with Crippen molar-refractivity contribution in [3.05, 3.63) is 0 Å². The number of ether oxygens (including phenoxy) is 1. The Morgan fingerprint density at radius 1 is 1.38 bits per heavy atom. The highest BCUT2D eigenvalue weighted by molar-refractivity contribution is 7.88. The van der Waals surface area contributed by atoms with Gasteiger partial charge in [-0.25, -0.2) is 12.7 Å². The maximum Gasteiger partial charge on any atom is 0.211 e. The van der Waals surface area contributed by atoms with Crippen LogP contribution < -0.4 is 5.32 Å². The minimum Gasteiger partial charge on any atom is -0.381 e. The third kappa shape index (κ3) is 4.03. The second-order valence-corrected chi connectivity index (χ2v) is 9.43. The molecule has 0 saturated carbocycles. The smallest absolute Gasteiger partial charge is 0.211 e. The van der Waals surface area contributed by atoms with Crippen LogP contribution in [0.3, 0.4) is 0 Å². The van der Waals surface area contributed by atoms with Gasteiger partial charge in [0.05, 0.1) is 12.9 Å². The standard InChI is InChI=1S/C16H30N4O3S/c1-3-17-15(19-8-5-16(12-19)6-9-23-13-16)18-10-14-4-7-20(11-14)24(2,21)22/h14H,3-13H2,1-2H3,(H,17,18). The summed E-state index contributed by atoms with van der Waals surface area (Å²) in [6.45, 7) is 8.63. The van der Waals surface area contributed by atoms with Crippen molar-refractivity contribution in [1.29, 1.82) is 0 Å². The summed E-state index contributed by atoms with van der Waals surface area (Å²) in [6.07, 6.45) is 4.50. The molecule has 3 aliphatic heterocycles. The summed E-state index contributed by atoms with van der Waals surface area (Å²) in [6, 6.07) is 0. The topological polar surface area (TPSA) is 74.2 Å². The fraction of sp³-hybridized carbons (Fsp3) is 0.938. The molecular formula is C16H30N4O3S. The molecule has 24 heavy (non-hydrogen) atoms. The normalized spacial score (nSPS) is 32.2. The number of sulfonamides is 1. The summed E-state index contributed by atoms with van der Waals surface area (Å²) in [4.78, 5) is 7.17. The predicted octanol–water partition coefficient (Wildman–Crippen LogP) is 0.346. The van der Waals surface area contributed by atoms with Gasteiger partial charge in [0.15, 0.2) is 5.96 Å². The van der Waals surface area contributed by atoms with Crippen molar-refractivity contribution in [2.45, 2.75) is 26.2 Å². The van der Waals surface area contributed by atoms with Gasteiger partial charge in [0, 0.05) is 51.3 Å². The molecule has 1 N–H and O–H groups in total. The Morgan fingerprint density at radius 2 is 2.21 bits per heavy atom. The lowest BCUT2D eigenvalue weighted by Gasteiger charge is -2.25. The van der Waals surface area contributed by atoms with E-state index in [-0.39, 0.29) is 0 Å². The molecule has 2 unspecified atom stereocenters. The highest BCUT2D eigenvalue weighted by Crippen LogP contribution is 2.38. The van der Waals surface area contributed by atoms with Crippen LogP contribution in [-0.4, -0.2) is 82.3 Å². The van der Waals surface area contributed by atoms with Crippen LogP contribution in [0, 0.1) is 11.3 Å². The number of aliphatic imine (C=N–C) groups is 1. The van der Waals surface area contributed by atoms with Crippen molar-refractivity contribution in [3.8, 4) is 0 Å². The SMILES string of the molecule is CCNC(=NCC1CCN(S(C)(=O)=O)C1)N1CCC2(CCOC2)C1. The third-order valence-electron chi connectivity index (χ3n) is 5.47. The average Bonchev–Trinajstić information content (AvgIpc) is 3.25. The van der Waals surface area contributed by atoms with E-state index in [0.29, 0.717) is 31.0 Å². The second-order valence-electron chi connectivity index (χ2n) is 7.44. The largest absolute Gasteiger partial charge is 0.381 e. The summed E-state index contributed by atoms with van der Waals surface area (Å²) in [5.41, 5.74) is 0.316. The van der Waals surface area contributed by atoms with Crippen LogP contribution in [0.5, 0.6) is 0 Å². The summed E-state index contributed by atoms with van der Waals surface area (Å²) in [5, 5.41) is 3.40. The van der Waals surface area contributed by atoms with E-state index in [0.717, 1.165) is 51.6 Å². The van der Waals surface area contributed by atoms with E-state index >= 15 is 0 Å². The van der Waals surface area contributed by atoms with Crippen LogP contribution in [0.15, 0.2) is 4.99 Å². The minimum atomic E-state index is -3.07. The zero-order valence-electron chi connectivity index (χ0n) is 14.8. The molecule has 0 aromatic carbocycles. The van der Waals surface area contributed by atoms with Gasteiger partial charge in [0.2, 0.25) is 10.0 Å². The number of guanidine groups is 1. The zero-order valence-corrected chi connectivity index (χ0v) is 15.6. The Labute approximate surface area is 145 Å². The summed E-state index contributed by atoms with van der Waals surface area (Å²) < 4.78 is 30.4. The Bertz CT molecular complexity index is 572. The van der Waals surface area contributed by atoms with E-state index in [1.54, 1.807) is 4.31 Å². The first kappa shape index (κ1) is 17.9. The van der Waals surface area contributed by atoms with Gasteiger partial charge in [-0.1, -0.05) is 0 Å². The van der Waals surface area contributed by atoms with Crippen LogP contribution in [0.1, 0.15) is 26.2 Å². The fourth-order valence-electron chi connectivity index (χ4n) is 3.98. The van der Waals surface area contributed by atoms with E-state index < -0.39 is 10.0 Å². The first-order valence-electron chi connectivity index (χ1n) is 8.98. The molecule has 0 aromatic heterocycles. The highest BCUT2D eigenvalue weighted by atomic mass is 32.2. The number of likely N-dealkylation sites (tertiary alicyclic amines) is 1. The Morgan fingerprint density at radius 3 is 2.83 bits per heavy atom. The predicted molar refractivity (Wildman–Crippen MR) is 94.6 cm³/mol. The van der Waals surface area contributed by atoms with Crippen LogP contribution in [0.2, 0.25) is 0 Å². The maximum absolute atomic E-state index is 11.6. The lowest BCUT2D eigenvalue weighted by Crippen LogP contribution is -2.41. The van der Waals surface area contributed by atoms with Gasteiger partial charge >= 0.3 is 0 Å². The van der Waals surface area contributed by atoms with Crippen molar-refractivity contribution in [2.75, 3.05) is 58.7 Å². The van der Waals surface area contributed by atoms with Gasteiger partial charge < -0.3 is 15.0 Å². The first-order chi connectivity index (χ1) is 11.4. The number of rotatable bonds is 4. The molecule has 0 bridgehead atoms. The molecule has 3 aliphatic rings. The fourth-order valence-corrected chi connectivity index (χ4v) is 4.89. The number of hydrogen-bond acceptors (Lipinski definition) is 4. The van der Waals surface area contributed by atoms with Crippen molar-refractivity contribution >= 4 is 16.0 Å². The van der Waals surface area contributed by atoms with Crippen molar-refractivity contribution in [1.82, 2.24) is 14.5 Å². The highest BCUT2D eigenvalue weighted by Gasteiger charge is 2.42. The molecule has 7 nitrogen and oxygen atoms in total. The molecule has 2 atom stereocenters. The first-order valence-corrected chi connectivity index (χ1v) is 10.8. The van der Waals surface area contributed by atoms with Gasteiger partial charge in [-0.05, 0) is 32.1 Å². The van der Waals surface area contributed by atoms with E-state index in [1.165, 1.54) is 12.7 Å². The van der Waals surface area contributed by atoms with E-state index in [2.05, 4.69) is 17.1 Å². The van der Waals surface area contributed by atoms with E-state index in [9.17, 15) is 8.42 Å². The van der Waals surface area contributed by atoms with Gasteiger partial charge in [0.25, 0.3) is 0 Å². The quantitative estimate of drug-likeness (QED) is 0.580. The lowest BCUT2D eigenvalue weighted by atomic mass is 9.87. The third-order valence-corrected chi connectivity index (χ3v) is 6.74. The zero-order chi connectivity index (χ0) is 17.2. The summed E-state index contributed by atoms with van der Waals surface area (Å²) >= 11 is 0. The monoisotopic (exact) mass is 358 g/mol. The second kappa shape index (κ2) is 7.17. The molecule has 3 saturated heterocycles. The number of hydrogen-bond donors (Lipinski definition) is 1. The van der Waals surface area contributed by atoms with Crippen LogP contribution >= 0.6 is 0 Å². The molecule has 0 radical (unpaired) electrons. The molecule has 138 valence electrons. The molecule has 3 heterocycles. The van der Waals surface area contributed by atoms with Crippen LogP contribution in [-0.2, 0) is 14.8 Å². The van der Waals surface area contributed by atoms with Gasteiger partial charge in [-0.3, -0.25) is 4.99 Å². The van der Waals surface area contributed by atoms with Crippen LogP contribution in [0.25, 0.3) is 0 Å². The Kier molecular flexibility index (Phi) is 5.36. The van der Waals surface area contributed by atoms with E-state index in [4.69, 9.17) is 9.73 Å². The molecular weight excluding hydrogens is 328 g/mol. The molecule has 0 amide bonds. The number of nitrogens with one attached hydrogen (secondary N) is 1. The number of nitrogens with zero attached hydrogens (tertiary/aromatic N) is 3. The molecule has 3 rings (SSSR count). The van der Waals surface area contributed by atoms with Gasteiger partial charge in [0.1, 0.15) is 0 Å². The van der Waals surface area contributed by atoms with Crippen LogP contribution in [0.4, 0.5) is 0 Å². The van der Waals surface area contributed by atoms with Crippen molar-refractivity contribution in [3.63, 3.8) is 0 Å². The molecule has 0 aromatic rings. The summed E-state index contributed by atoms with van der Waals surface area (Å²) in [5.74, 6) is 1.29. The molecule has 0 aliphatic carbocycles. The van der Waals surface area contributed by atoms with Gasteiger partial charge in [-0.2, -0.15) is 0 Å². The molecule has 1 spiro atoms. The Hall–Kier alpha value is -0.860. The van der Waals surface area contributed by atoms with E-state index in [1.807, 2.05) is 0 Å². The minimum absolute atomic E-state index is 0.316. The maximum atomic E-state index is 11.6. The lowest BCUT2D eigenvalue weighted by molar-refractivity contribution is 0.156. The van der Waals surface area contributed by atoms with Crippen molar-refractivity contribution in [2.24, 2.45) is 16.3 Å². The van der Waals surface area contributed by atoms with Crippen molar-refractivity contribution < 1.29 is 13.2 Å². The average molecular weight is 359 g/mol. The summed E-state index contributed by atoms with van der Waals surface area (Å²) in [7, 11) is -3.07. The Balaban J connectivity index is 1.59.